The Morgan fingerprint density at radius 3 is 2.20 bits per heavy atom. The third-order valence-corrected chi connectivity index (χ3v) is 5.30. The first-order valence-electron chi connectivity index (χ1n) is 6.15. The molecule has 1 atom stereocenters. The third-order valence-electron chi connectivity index (χ3n) is 3.43. The second kappa shape index (κ2) is 5.79. The molecule has 0 saturated heterocycles. The van der Waals surface area contributed by atoms with Gasteiger partial charge in [0.05, 0.1) is 0 Å². The molecular formula is C12H19F3O3S2. The molecule has 0 aliphatic heterocycles. The minimum atomic E-state index is -5.56. The average molecular weight is 332 g/mol. The zero-order valence-electron chi connectivity index (χ0n) is 11.9. The van der Waals surface area contributed by atoms with E-state index < -0.39 is 15.6 Å². The minimum Gasteiger partial charge on any atom is -0.380 e. The van der Waals surface area contributed by atoms with Crippen LogP contribution in [0.4, 0.5) is 13.2 Å². The highest BCUT2D eigenvalue weighted by atomic mass is 32.2. The van der Waals surface area contributed by atoms with E-state index in [1.165, 1.54) is 11.8 Å². The van der Waals surface area contributed by atoms with Crippen LogP contribution in [0.1, 0.15) is 40.0 Å². The Morgan fingerprint density at radius 2 is 1.80 bits per heavy atom. The maximum atomic E-state index is 12.3. The molecular weight excluding hydrogens is 313 g/mol. The average Bonchev–Trinajstić information content (AvgIpc) is 2.26. The molecule has 0 saturated carbocycles. The molecule has 0 fully saturated rings. The van der Waals surface area contributed by atoms with E-state index >= 15 is 0 Å². The summed E-state index contributed by atoms with van der Waals surface area (Å²) >= 11 is 1.25. The summed E-state index contributed by atoms with van der Waals surface area (Å²) in [7, 11) is -5.56. The number of hydrogen-bond donors (Lipinski definition) is 0. The van der Waals surface area contributed by atoms with Crippen LogP contribution >= 0.6 is 11.8 Å². The maximum absolute atomic E-state index is 12.3. The number of hydrogen-bond acceptors (Lipinski definition) is 4. The second-order valence-electron chi connectivity index (χ2n) is 5.84. The molecule has 0 amide bonds. The van der Waals surface area contributed by atoms with E-state index in [9.17, 15) is 21.6 Å². The highest BCUT2D eigenvalue weighted by molar-refractivity contribution is 8.02. The van der Waals surface area contributed by atoms with Crippen molar-refractivity contribution in [3.05, 3.63) is 10.7 Å². The van der Waals surface area contributed by atoms with Crippen LogP contribution in [-0.2, 0) is 14.3 Å². The van der Waals surface area contributed by atoms with Crippen molar-refractivity contribution in [2.24, 2.45) is 11.3 Å². The smallest absolute Gasteiger partial charge is 0.380 e. The maximum Gasteiger partial charge on any atom is 0.534 e. The lowest BCUT2D eigenvalue weighted by Gasteiger charge is -2.35. The van der Waals surface area contributed by atoms with Gasteiger partial charge in [-0.2, -0.15) is 21.6 Å². The van der Waals surface area contributed by atoms with E-state index in [0.29, 0.717) is 23.7 Å². The van der Waals surface area contributed by atoms with Gasteiger partial charge < -0.3 is 4.18 Å². The summed E-state index contributed by atoms with van der Waals surface area (Å²) in [6.45, 7) is 6.19. The van der Waals surface area contributed by atoms with Crippen molar-refractivity contribution >= 4 is 21.9 Å². The van der Waals surface area contributed by atoms with E-state index in [2.05, 4.69) is 25.0 Å². The fourth-order valence-corrected chi connectivity index (χ4v) is 3.42. The molecule has 0 N–H and O–H groups in total. The molecule has 0 heterocycles. The van der Waals surface area contributed by atoms with Gasteiger partial charge in [0.15, 0.2) is 0 Å². The zero-order valence-corrected chi connectivity index (χ0v) is 13.5. The lowest BCUT2D eigenvalue weighted by atomic mass is 9.74. The Bertz CT molecular complexity index is 487. The van der Waals surface area contributed by atoms with E-state index in [1.54, 1.807) is 6.26 Å². The van der Waals surface area contributed by atoms with Crippen LogP contribution in [0, 0.1) is 11.3 Å². The summed E-state index contributed by atoms with van der Waals surface area (Å²) in [5.41, 5.74) is -5.36. The Morgan fingerprint density at radius 1 is 1.25 bits per heavy atom. The van der Waals surface area contributed by atoms with Crippen LogP contribution in [0.5, 0.6) is 0 Å². The third kappa shape index (κ3) is 4.07. The van der Waals surface area contributed by atoms with Crippen LogP contribution in [-0.4, -0.2) is 20.2 Å². The first-order valence-corrected chi connectivity index (χ1v) is 8.78. The Hall–Kier alpha value is -0.370. The van der Waals surface area contributed by atoms with Gasteiger partial charge in [0.25, 0.3) is 0 Å². The quantitative estimate of drug-likeness (QED) is 0.572. The van der Waals surface area contributed by atoms with Crippen molar-refractivity contribution in [3.8, 4) is 0 Å². The number of rotatable bonds is 3. The Balaban J connectivity index is 2.98. The van der Waals surface area contributed by atoms with Crippen LogP contribution in [0.25, 0.3) is 0 Å². The lowest BCUT2D eigenvalue weighted by Crippen LogP contribution is -2.28. The topological polar surface area (TPSA) is 43.4 Å². The second-order valence-corrected chi connectivity index (χ2v) is 8.28. The highest BCUT2D eigenvalue weighted by Crippen LogP contribution is 2.44. The van der Waals surface area contributed by atoms with E-state index in [1.807, 2.05) is 0 Å². The van der Waals surface area contributed by atoms with Gasteiger partial charge in [-0.3, -0.25) is 0 Å². The SMILES string of the molecule is CSC1=C(OS(=O)(=O)C(F)(F)F)CCC(C(C)(C)C)C1. The first-order chi connectivity index (χ1) is 8.88. The van der Waals surface area contributed by atoms with Crippen molar-refractivity contribution in [2.75, 3.05) is 6.26 Å². The lowest BCUT2D eigenvalue weighted by molar-refractivity contribution is -0.0525. The molecule has 1 aliphatic rings. The molecule has 3 nitrogen and oxygen atoms in total. The number of halogens is 3. The van der Waals surface area contributed by atoms with Crippen LogP contribution in [0.3, 0.4) is 0 Å². The monoisotopic (exact) mass is 332 g/mol. The Labute approximate surface area is 122 Å². The largest absolute Gasteiger partial charge is 0.534 e. The fraction of sp³-hybridized carbons (Fsp3) is 0.833. The predicted octanol–water partition coefficient (Wildman–Crippen LogP) is 4.27. The van der Waals surface area contributed by atoms with Gasteiger partial charge in [0.1, 0.15) is 5.76 Å². The first kappa shape index (κ1) is 17.7. The molecule has 0 bridgehead atoms. The van der Waals surface area contributed by atoms with Crippen LogP contribution in [0.15, 0.2) is 10.7 Å². The van der Waals surface area contributed by atoms with Crippen molar-refractivity contribution in [1.29, 1.82) is 0 Å². The van der Waals surface area contributed by atoms with Crippen LogP contribution in [0.2, 0.25) is 0 Å². The summed E-state index contributed by atoms with van der Waals surface area (Å²) in [5.74, 6) is 0.237. The van der Waals surface area contributed by atoms with Crippen molar-refractivity contribution in [1.82, 2.24) is 0 Å². The summed E-state index contributed by atoms with van der Waals surface area (Å²) < 4.78 is 63.5. The van der Waals surface area contributed by atoms with Gasteiger partial charge in [-0.25, -0.2) is 0 Å². The van der Waals surface area contributed by atoms with Crippen molar-refractivity contribution < 1.29 is 25.8 Å². The molecule has 0 aromatic carbocycles. The molecule has 20 heavy (non-hydrogen) atoms. The standard InChI is InChI=1S/C12H19F3O3S2/c1-11(2,3)8-5-6-9(10(7-8)19-4)18-20(16,17)12(13,14)15/h8H,5-7H2,1-4H3. The summed E-state index contributed by atoms with van der Waals surface area (Å²) in [6, 6.07) is 0. The molecule has 0 aromatic heterocycles. The summed E-state index contributed by atoms with van der Waals surface area (Å²) in [5, 5.41) is 0. The molecule has 0 spiro atoms. The normalized spacial score (nSPS) is 22.1. The molecule has 8 heteroatoms. The van der Waals surface area contributed by atoms with Gasteiger partial charge in [0, 0.05) is 11.3 Å². The molecule has 118 valence electrons. The molecule has 1 rings (SSSR count). The minimum absolute atomic E-state index is 0.0232. The molecule has 0 aromatic rings. The summed E-state index contributed by atoms with van der Waals surface area (Å²) in [6.07, 6.45) is 3.10. The fourth-order valence-electron chi connectivity index (χ4n) is 2.09. The van der Waals surface area contributed by atoms with Gasteiger partial charge in [-0.15, -0.1) is 11.8 Å². The van der Waals surface area contributed by atoms with Gasteiger partial charge >= 0.3 is 15.6 Å². The van der Waals surface area contributed by atoms with E-state index in [-0.39, 0.29) is 17.6 Å². The van der Waals surface area contributed by atoms with Gasteiger partial charge in [0.2, 0.25) is 0 Å². The van der Waals surface area contributed by atoms with E-state index in [0.717, 1.165) is 0 Å². The molecule has 1 unspecified atom stereocenters. The van der Waals surface area contributed by atoms with E-state index in [4.69, 9.17) is 0 Å². The highest BCUT2D eigenvalue weighted by Gasteiger charge is 2.49. The van der Waals surface area contributed by atoms with Gasteiger partial charge in [-0.1, -0.05) is 20.8 Å². The van der Waals surface area contributed by atoms with Crippen LogP contribution < -0.4 is 0 Å². The number of alkyl halides is 3. The zero-order chi connectivity index (χ0) is 15.8. The number of thioether (sulfide) groups is 1. The number of allylic oxidation sites excluding steroid dienone is 2. The molecule has 1 aliphatic carbocycles. The summed E-state index contributed by atoms with van der Waals surface area (Å²) in [4.78, 5) is 0.587. The Kier molecular flexibility index (Phi) is 5.12. The van der Waals surface area contributed by atoms with Crippen molar-refractivity contribution in [3.63, 3.8) is 0 Å². The van der Waals surface area contributed by atoms with Gasteiger partial charge in [-0.05, 0) is 30.4 Å². The molecule has 0 radical (unpaired) electrons. The van der Waals surface area contributed by atoms with Crippen molar-refractivity contribution in [2.45, 2.75) is 45.5 Å². The predicted molar refractivity (Wildman–Crippen MR) is 73.4 cm³/mol.